The molecule has 1 aromatic rings. The van der Waals surface area contributed by atoms with Crippen LogP contribution >= 0.6 is 0 Å². The van der Waals surface area contributed by atoms with Crippen LogP contribution in [0.25, 0.3) is 0 Å². The number of carbonyl (C=O) groups is 3. The van der Waals surface area contributed by atoms with Crippen molar-refractivity contribution in [2.45, 2.75) is 32.0 Å². The highest BCUT2D eigenvalue weighted by molar-refractivity contribution is 6.76. The molecule has 1 saturated heterocycles. The zero-order valence-corrected chi connectivity index (χ0v) is 13.7. The van der Waals surface area contributed by atoms with Crippen LogP contribution in [0.2, 0.25) is 13.1 Å². The first-order chi connectivity index (χ1) is 10.4. The molecule has 2 amide bonds. The first kappa shape index (κ1) is 16.2. The molecule has 1 heterocycles. The average Bonchev–Trinajstić information content (AvgIpc) is 2.78. The largest absolute Gasteiger partial charge is 0.533 e. The summed E-state index contributed by atoms with van der Waals surface area (Å²) in [6.07, 6.45) is -0.602. The van der Waals surface area contributed by atoms with Crippen LogP contribution in [0, 0.1) is 0 Å². The van der Waals surface area contributed by atoms with E-state index >= 15 is 0 Å². The molecule has 0 atom stereocenters. The van der Waals surface area contributed by atoms with Crippen LogP contribution in [0.5, 0.6) is 0 Å². The van der Waals surface area contributed by atoms with Crippen LogP contribution in [0.15, 0.2) is 30.3 Å². The van der Waals surface area contributed by atoms with E-state index in [4.69, 9.17) is 4.74 Å². The molecule has 118 valence electrons. The summed E-state index contributed by atoms with van der Waals surface area (Å²) in [5.74, 6) is -1.02. The number of ether oxygens (including phenoxy) is 1. The lowest BCUT2D eigenvalue weighted by molar-refractivity contribution is -0.176. The molecule has 1 aliphatic heterocycles. The van der Waals surface area contributed by atoms with Crippen molar-refractivity contribution in [2.24, 2.45) is 0 Å². The van der Waals surface area contributed by atoms with Crippen LogP contribution in [0.3, 0.4) is 0 Å². The lowest BCUT2D eigenvalue weighted by Gasteiger charge is -2.22. The fourth-order valence-corrected chi connectivity index (χ4v) is 4.16. The molecule has 1 aliphatic rings. The van der Waals surface area contributed by atoms with Crippen LogP contribution in [-0.2, 0) is 25.2 Å². The Balaban J connectivity index is 1.82. The van der Waals surface area contributed by atoms with E-state index in [-0.39, 0.29) is 19.1 Å². The van der Waals surface area contributed by atoms with Crippen molar-refractivity contribution in [1.82, 2.24) is 5.06 Å². The third kappa shape index (κ3) is 4.42. The number of hydrogen-bond acceptors (Lipinski definition) is 5. The Bertz CT molecular complexity index is 557. The maximum Gasteiger partial charge on any atom is 0.533 e. The minimum atomic E-state index is -1.81. The summed E-state index contributed by atoms with van der Waals surface area (Å²) in [6.45, 7) is 4.19. The molecule has 0 N–H and O–H groups in total. The molecule has 1 fully saturated rings. The topological polar surface area (TPSA) is 72.9 Å². The van der Waals surface area contributed by atoms with Gasteiger partial charge in [-0.05, 0) is 6.04 Å². The summed E-state index contributed by atoms with van der Waals surface area (Å²) in [6, 6.07) is 10.8. The summed E-state index contributed by atoms with van der Waals surface area (Å²) in [4.78, 5) is 39.0. The summed E-state index contributed by atoms with van der Waals surface area (Å²) >= 11 is 0. The normalized spacial score (nSPS) is 15.1. The predicted octanol–water partition coefficient (Wildman–Crippen LogP) is 2.23. The Hall–Kier alpha value is -2.15. The van der Waals surface area contributed by atoms with Crippen molar-refractivity contribution in [3.63, 3.8) is 0 Å². The number of nitrogens with zero attached hydrogens (tertiary/aromatic N) is 1. The second-order valence-electron chi connectivity index (χ2n) is 6.04. The molecular formula is C15H19NO5Si. The van der Waals surface area contributed by atoms with Crippen molar-refractivity contribution in [3.05, 3.63) is 35.9 Å². The van der Waals surface area contributed by atoms with Crippen molar-refractivity contribution in [2.75, 3.05) is 6.23 Å². The molecule has 0 aliphatic carbocycles. The highest BCUT2D eigenvalue weighted by Gasteiger charge is 2.34. The van der Waals surface area contributed by atoms with Gasteiger partial charge in [0, 0.05) is 12.8 Å². The minimum absolute atomic E-state index is 0.0698. The molecule has 7 heteroatoms. The Morgan fingerprint density at radius 2 is 1.73 bits per heavy atom. The van der Waals surface area contributed by atoms with Gasteiger partial charge in [-0.25, -0.2) is 4.79 Å². The molecule has 0 unspecified atom stereocenters. The monoisotopic (exact) mass is 321 g/mol. The molecule has 0 saturated carbocycles. The number of benzene rings is 1. The van der Waals surface area contributed by atoms with Crippen LogP contribution in [-0.4, -0.2) is 37.3 Å². The van der Waals surface area contributed by atoms with E-state index in [2.05, 4.69) is 17.9 Å². The van der Waals surface area contributed by atoms with Gasteiger partial charge in [-0.1, -0.05) is 54.1 Å². The molecule has 0 aromatic heterocycles. The molecule has 2 rings (SSSR count). The molecule has 0 radical (unpaired) electrons. The van der Waals surface area contributed by atoms with Crippen LogP contribution in [0.4, 0.5) is 4.79 Å². The summed E-state index contributed by atoms with van der Waals surface area (Å²) in [7, 11) is -1.81. The minimum Gasteiger partial charge on any atom is -0.436 e. The maximum absolute atomic E-state index is 11.6. The van der Waals surface area contributed by atoms with Gasteiger partial charge in [0.2, 0.25) is 0 Å². The van der Waals surface area contributed by atoms with Gasteiger partial charge in [0.15, 0.2) is 0 Å². The van der Waals surface area contributed by atoms with E-state index in [9.17, 15) is 14.4 Å². The number of rotatable bonds is 5. The molecular weight excluding hydrogens is 302 g/mol. The smallest absolute Gasteiger partial charge is 0.436 e. The second kappa shape index (κ2) is 6.74. The van der Waals surface area contributed by atoms with Gasteiger partial charge in [-0.3, -0.25) is 14.4 Å². The number of carbonyl (C=O) groups excluding carboxylic acids is 3. The van der Waals surface area contributed by atoms with Gasteiger partial charge in [0.25, 0.3) is 11.8 Å². The second-order valence-corrected chi connectivity index (χ2v) is 11.0. The third-order valence-electron chi connectivity index (χ3n) is 3.28. The standard InChI is InChI=1S/C15H19NO5Si/c1-22(2,10-12-6-4-3-5-7-12)11-20-15(19)21-16-13(17)8-9-14(16)18/h3-7H,8-11H2,1-2H3. The van der Waals surface area contributed by atoms with Crippen molar-refractivity contribution in [3.8, 4) is 0 Å². The fraction of sp³-hybridized carbons (Fsp3) is 0.400. The lowest BCUT2D eigenvalue weighted by atomic mass is 10.2. The van der Waals surface area contributed by atoms with E-state index in [1.165, 1.54) is 5.56 Å². The van der Waals surface area contributed by atoms with E-state index in [1.54, 1.807) is 0 Å². The quantitative estimate of drug-likeness (QED) is 0.472. The van der Waals surface area contributed by atoms with Gasteiger partial charge in [0.1, 0.15) is 0 Å². The molecule has 22 heavy (non-hydrogen) atoms. The fourth-order valence-electron chi connectivity index (χ4n) is 2.21. The number of hydrogen-bond donors (Lipinski definition) is 0. The zero-order valence-electron chi connectivity index (χ0n) is 12.7. The van der Waals surface area contributed by atoms with E-state index in [0.717, 1.165) is 6.04 Å². The number of imide groups is 1. The average molecular weight is 321 g/mol. The van der Waals surface area contributed by atoms with Crippen LogP contribution in [0.1, 0.15) is 18.4 Å². The Kier molecular flexibility index (Phi) is 4.97. The predicted molar refractivity (Wildman–Crippen MR) is 81.1 cm³/mol. The van der Waals surface area contributed by atoms with E-state index in [0.29, 0.717) is 5.06 Å². The van der Waals surface area contributed by atoms with Gasteiger partial charge in [0.05, 0.1) is 14.3 Å². The first-order valence-corrected chi connectivity index (χ1v) is 10.5. The van der Waals surface area contributed by atoms with E-state index < -0.39 is 26.0 Å². The highest BCUT2D eigenvalue weighted by Crippen LogP contribution is 2.15. The molecule has 1 aromatic carbocycles. The SMILES string of the molecule is C[Si](C)(COC(=O)ON1C(=O)CCC1=O)Cc1ccccc1. The molecule has 6 nitrogen and oxygen atoms in total. The number of amides is 2. The molecule has 0 bridgehead atoms. The van der Waals surface area contributed by atoms with Crippen molar-refractivity contribution >= 4 is 26.0 Å². The van der Waals surface area contributed by atoms with Gasteiger partial charge < -0.3 is 4.74 Å². The van der Waals surface area contributed by atoms with Crippen LogP contribution < -0.4 is 0 Å². The van der Waals surface area contributed by atoms with Gasteiger partial charge in [-0.15, -0.1) is 0 Å². The first-order valence-electron chi connectivity index (χ1n) is 7.12. The summed E-state index contributed by atoms with van der Waals surface area (Å²) in [5, 5.41) is 0.494. The van der Waals surface area contributed by atoms with Gasteiger partial charge in [-0.2, -0.15) is 0 Å². The van der Waals surface area contributed by atoms with Gasteiger partial charge >= 0.3 is 6.16 Å². The van der Waals surface area contributed by atoms with Crippen molar-refractivity contribution in [1.29, 1.82) is 0 Å². The lowest BCUT2D eigenvalue weighted by Crippen LogP contribution is -2.39. The maximum atomic E-state index is 11.6. The van der Waals surface area contributed by atoms with Crippen molar-refractivity contribution < 1.29 is 24.0 Å². The zero-order chi connectivity index (χ0) is 16.2. The summed E-state index contributed by atoms with van der Waals surface area (Å²) < 4.78 is 5.09. The molecule has 0 spiro atoms. The Morgan fingerprint density at radius 3 is 2.32 bits per heavy atom. The van der Waals surface area contributed by atoms with E-state index in [1.807, 2.05) is 30.3 Å². The Morgan fingerprint density at radius 1 is 1.14 bits per heavy atom. The third-order valence-corrected chi connectivity index (χ3v) is 5.57. The number of hydroxylamine groups is 2. The highest BCUT2D eigenvalue weighted by atomic mass is 28.3. The Labute approximate surface area is 130 Å². The summed E-state index contributed by atoms with van der Waals surface area (Å²) in [5.41, 5.74) is 1.20.